The molecule has 1 heterocycles. The average Bonchev–Trinajstić information content (AvgIpc) is 3.30. The van der Waals surface area contributed by atoms with E-state index >= 15 is 0 Å². The van der Waals surface area contributed by atoms with Gasteiger partial charge in [0.25, 0.3) is 5.91 Å². The van der Waals surface area contributed by atoms with Crippen molar-refractivity contribution in [3.63, 3.8) is 0 Å². The van der Waals surface area contributed by atoms with Gasteiger partial charge in [-0.25, -0.2) is 8.78 Å². The number of hydrogen-bond donors (Lipinski definition) is 3. The second-order valence-corrected chi connectivity index (χ2v) is 5.77. The minimum Gasteiger partial charge on any atom is -0.343 e. The molecular formula is C16H16F2N4O2. The number of halogens is 2. The van der Waals surface area contributed by atoms with E-state index < -0.39 is 23.4 Å². The van der Waals surface area contributed by atoms with Gasteiger partial charge in [0.05, 0.1) is 6.54 Å². The van der Waals surface area contributed by atoms with E-state index in [1.807, 2.05) is 6.92 Å². The number of nitrogens with zero attached hydrogens (tertiary/aromatic N) is 1. The Balaban J connectivity index is 1.56. The molecule has 8 heteroatoms. The topological polar surface area (TPSA) is 86.9 Å². The third kappa shape index (κ3) is 3.58. The summed E-state index contributed by atoms with van der Waals surface area (Å²) in [6, 6.07) is 2.47. The van der Waals surface area contributed by atoms with Crippen LogP contribution in [0.4, 0.5) is 14.6 Å². The molecule has 1 aliphatic rings. The van der Waals surface area contributed by atoms with Gasteiger partial charge < -0.3 is 10.6 Å². The summed E-state index contributed by atoms with van der Waals surface area (Å²) in [4.78, 5) is 23.7. The van der Waals surface area contributed by atoms with E-state index in [1.165, 1.54) is 0 Å². The zero-order chi connectivity index (χ0) is 17.3. The highest BCUT2D eigenvalue weighted by Crippen LogP contribution is 2.41. The molecule has 1 aromatic heterocycles. The lowest BCUT2D eigenvalue weighted by Crippen LogP contribution is -2.33. The molecule has 24 heavy (non-hydrogen) atoms. The van der Waals surface area contributed by atoms with E-state index in [2.05, 4.69) is 20.8 Å². The van der Waals surface area contributed by atoms with Gasteiger partial charge in [-0.3, -0.25) is 14.7 Å². The van der Waals surface area contributed by atoms with Crippen molar-refractivity contribution in [3.8, 4) is 0 Å². The molecule has 2 amide bonds. The Labute approximate surface area is 136 Å². The molecule has 0 aliphatic heterocycles. The van der Waals surface area contributed by atoms with Gasteiger partial charge in [0.15, 0.2) is 5.82 Å². The first-order valence-corrected chi connectivity index (χ1v) is 7.53. The van der Waals surface area contributed by atoms with Crippen LogP contribution in [0, 0.1) is 18.6 Å². The number of anilines is 1. The number of nitrogens with one attached hydrogen (secondary N) is 3. The van der Waals surface area contributed by atoms with Crippen LogP contribution in [0.5, 0.6) is 0 Å². The van der Waals surface area contributed by atoms with Crippen LogP contribution < -0.4 is 10.6 Å². The normalized spacial score (nSPS) is 13.6. The summed E-state index contributed by atoms with van der Waals surface area (Å²) in [6.45, 7) is 1.53. The molecule has 1 saturated carbocycles. The summed E-state index contributed by atoms with van der Waals surface area (Å²) < 4.78 is 26.2. The standard InChI is InChI=1S/C16H16F2N4O2/c1-8-14(9-2-3-9)21-22-15(8)20-13(23)7-19-16(24)10-4-11(17)6-12(18)5-10/h4-6,9H,2-3,7H2,1H3,(H,19,24)(H2,20,21,22,23). The quantitative estimate of drug-likeness (QED) is 0.784. The number of aromatic amines is 1. The lowest BCUT2D eigenvalue weighted by molar-refractivity contribution is -0.115. The minimum atomic E-state index is -0.857. The van der Waals surface area contributed by atoms with E-state index in [4.69, 9.17) is 0 Å². The number of H-pyrrole nitrogens is 1. The Bertz CT molecular complexity index is 779. The van der Waals surface area contributed by atoms with Gasteiger partial charge in [-0.15, -0.1) is 0 Å². The van der Waals surface area contributed by atoms with Crippen LogP contribution in [-0.2, 0) is 4.79 Å². The second-order valence-electron chi connectivity index (χ2n) is 5.77. The van der Waals surface area contributed by atoms with E-state index in [-0.39, 0.29) is 12.1 Å². The van der Waals surface area contributed by atoms with Gasteiger partial charge in [-0.2, -0.15) is 5.10 Å². The maximum absolute atomic E-state index is 13.1. The van der Waals surface area contributed by atoms with Crippen LogP contribution in [0.15, 0.2) is 18.2 Å². The summed E-state index contributed by atoms with van der Waals surface area (Å²) in [6.07, 6.45) is 2.22. The number of hydrogen-bond acceptors (Lipinski definition) is 3. The predicted octanol–water partition coefficient (Wildman–Crippen LogP) is 2.24. The fraction of sp³-hybridized carbons (Fsp3) is 0.312. The lowest BCUT2D eigenvalue weighted by atomic mass is 10.2. The van der Waals surface area contributed by atoms with E-state index in [0.717, 1.165) is 36.2 Å². The van der Waals surface area contributed by atoms with Crippen LogP contribution >= 0.6 is 0 Å². The first kappa shape index (κ1) is 16.1. The number of benzene rings is 1. The second kappa shape index (κ2) is 6.38. The highest BCUT2D eigenvalue weighted by atomic mass is 19.1. The third-order valence-corrected chi connectivity index (χ3v) is 3.83. The molecule has 0 saturated heterocycles. The fourth-order valence-electron chi connectivity index (χ4n) is 2.43. The number of carbonyl (C=O) groups is 2. The lowest BCUT2D eigenvalue weighted by Gasteiger charge is -2.06. The molecule has 6 nitrogen and oxygen atoms in total. The molecular weight excluding hydrogens is 318 g/mol. The Kier molecular flexibility index (Phi) is 4.28. The van der Waals surface area contributed by atoms with Crippen molar-refractivity contribution in [2.45, 2.75) is 25.7 Å². The van der Waals surface area contributed by atoms with Gasteiger partial charge in [0, 0.05) is 28.8 Å². The SMILES string of the molecule is Cc1c(NC(=O)CNC(=O)c2cc(F)cc(F)c2)n[nH]c1C1CC1. The Hall–Kier alpha value is -2.77. The van der Waals surface area contributed by atoms with Gasteiger partial charge in [-0.05, 0) is 31.9 Å². The summed E-state index contributed by atoms with van der Waals surface area (Å²) in [7, 11) is 0. The van der Waals surface area contributed by atoms with Crippen molar-refractivity contribution >= 4 is 17.6 Å². The van der Waals surface area contributed by atoms with Gasteiger partial charge >= 0.3 is 0 Å². The summed E-state index contributed by atoms with van der Waals surface area (Å²) >= 11 is 0. The molecule has 3 rings (SSSR count). The van der Waals surface area contributed by atoms with Gasteiger partial charge in [0.2, 0.25) is 5.91 Å². The summed E-state index contributed by atoms with van der Waals surface area (Å²) in [5.41, 5.74) is 1.71. The Morgan fingerprint density at radius 1 is 1.25 bits per heavy atom. The average molecular weight is 334 g/mol. The fourth-order valence-corrected chi connectivity index (χ4v) is 2.43. The molecule has 0 spiro atoms. The Morgan fingerprint density at radius 2 is 1.92 bits per heavy atom. The maximum atomic E-state index is 13.1. The smallest absolute Gasteiger partial charge is 0.251 e. The summed E-state index contributed by atoms with van der Waals surface area (Å²) in [5, 5.41) is 11.9. The number of rotatable bonds is 5. The largest absolute Gasteiger partial charge is 0.343 e. The molecule has 0 bridgehead atoms. The van der Waals surface area contributed by atoms with Crippen molar-refractivity contribution in [3.05, 3.63) is 46.7 Å². The first-order valence-electron chi connectivity index (χ1n) is 7.53. The van der Waals surface area contributed by atoms with Gasteiger partial charge in [-0.1, -0.05) is 0 Å². The molecule has 1 aliphatic carbocycles. The van der Waals surface area contributed by atoms with E-state index in [0.29, 0.717) is 17.8 Å². The van der Waals surface area contributed by atoms with Crippen LogP contribution in [0.3, 0.4) is 0 Å². The molecule has 1 aromatic carbocycles. The zero-order valence-electron chi connectivity index (χ0n) is 13.0. The van der Waals surface area contributed by atoms with Crippen molar-refractivity contribution in [1.82, 2.24) is 15.5 Å². The molecule has 0 radical (unpaired) electrons. The molecule has 0 unspecified atom stereocenters. The van der Waals surface area contributed by atoms with Crippen molar-refractivity contribution in [2.75, 3.05) is 11.9 Å². The van der Waals surface area contributed by atoms with Crippen LogP contribution in [-0.4, -0.2) is 28.6 Å². The maximum Gasteiger partial charge on any atom is 0.251 e. The van der Waals surface area contributed by atoms with E-state index in [9.17, 15) is 18.4 Å². The molecule has 0 atom stereocenters. The number of carbonyl (C=O) groups excluding carboxylic acids is 2. The molecule has 2 aromatic rings. The van der Waals surface area contributed by atoms with Crippen molar-refractivity contribution < 1.29 is 18.4 Å². The molecule has 3 N–H and O–H groups in total. The molecule has 1 fully saturated rings. The van der Waals surface area contributed by atoms with Gasteiger partial charge in [0.1, 0.15) is 11.6 Å². The number of amides is 2. The third-order valence-electron chi connectivity index (χ3n) is 3.83. The highest BCUT2D eigenvalue weighted by Gasteiger charge is 2.28. The van der Waals surface area contributed by atoms with Crippen LogP contribution in [0.25, 0.3) is 0 Å². The van der Waals surface area contributed by atoms with E-state index in [1.54, 1.807) is 0 Å². The predicted molar refractivity (Wildman–Crippen MR) is 82.6 cm³/mol. The van der Waals surface area contributed by atoms with Crippen molar-refractivity contribution in [2.24, 2.45) is 0 Å². The Morgan fingerprint density at radius 3 is 2.54 bits per heavy atom. The first-order chi connectivity index (χ1) is 11.4. The van der Waals surface area contributed by atoms with Crippen LogP contribution in [0.2, 0.25) is 0 Å². The summed E-state index contributed by atoms with van der Waals surface area (Å²) in [5.74, 6) is -2.02. The van der Waals surface area contributed by atoms with Crippen molar-refractivity contribution in [1.29, 1.82) is 0 Å². The number of aromatic nitrogens is 2. The minimum absolute atomic E-state index is 0.188. The molecule has 126 valence electrons. The van der Waals surface area contributed by atoms with Crippen LogP contribution in [0.1, 0.15) is 40.4 Å². The monoisotopic (exact) mass is 334 g/mol. The zero-order valence-corrected chi connectivity index (χ0v) is 13.0. The highest BCUT2D eigenvalue weighted by molar-refractivity contribution is 5.99.